The minimum Gasteiger partial charge on any atom is -0.438 e. The Labute approximate surface area is 177 Å². The van der Waals surface area contributed by atoms with Gasteiger partial charge in [-0.3, -0.25) is 0 Å². The maximum absolute atomic E-state index is 9.74. The zero-order valence-corrected chi connectivity index (χ0v) is 20.7. The van der Waals surface area contributed by atoms with E-state index in [2.05, 4.69) is 9.47 Å². The van der Waals surface area contributed by atoms with Crippen molar-refractivity contribution in [1.82, 2.24) is 0 Å². The second kappa shape index (κ2) is 64.2. The molecule has 0 bridgehead atoms. The number of methoxy groups -OCH3 is 2. The number of hydrogen-bond acceptors (Lipinski definition) is 3. The van der Waals surface area contributed by atoms with Crippen LogP contribution in [0.5, 0.6) is 0 Å². The first kappa shape index (κ1) is 40.4. The number of ether oxygens (including phenoxy) is 2. The lowest BCUT2D eigenvalue weighted by atomic mass is 10.4. The summed E-state index contributed by atoms with van der Waals surface area (Å²) in [6.07, 6.45) is -0.657. The molecule has 3 nitrogen and oxygen atoms in total. The predicted molar refractivity (Wildman–Crippen MR) is 129 cm³/mol. The number of carbonyl (C=O) groups excluding carboxylic acids is 1. The summed E-state index contributed by atoms with van der Waals surface area (Å²) in [6, 6.07) is 24.0. The molecule has 0 aliphatic carbocycles. The smallest absolute Gasteiger partial charge is 0.438 e. The van der Waals surface area contributed by atoms with E-state index in [1.165, 1.54) is 14.2 Å². The lowest BCUT2D eigenvalue weighted by molar-refractivity contribution is 0.0924. The molecule has 0 radical (unpaired) electrons. The predicted octanol–water partition coefficient (Wildman–Crippen LogP) is 8.90. The topological polar surface area (TPSA) is 35.5 Å². The van der Waals surface area contributed by atoms with Gasteiger partial charge < -0.3 is 9.47 Å². The van der Waals surface area contributed by atoms with Crippen molar-refractivity contribution in [2.45, 2.75) is 69.2 Å². The minimum absolute atomic E-state index is 0.657. The Morgan fingerprint density at radius 1 is 0.393 bits per heavy atom. The molecule has 0 spiro atoms. The first-order valence-electron chi connectivity index (χ1n) is 10.4. The molecule has 0 aliphatic heterocycles. The van der Waals surface area contributed by atoms with Gasteiger partial charge in [-0.25, -0.2) is 4.79 Å². The molecule has 0 atom stereocenters. The lowest BCUT2D eigenvalue weighted by Gasteiger charge is -1.89. The van der Waals surface area contributed by atoms with E-state index in [1.807, 2.05) is 142 Å². The minimum atomic E-state index is -0.657. The number of carbonyl (C=O) groups is 1. The molecular weight excluding hydrogens is 348 g/mol. The van der Waals surface area contributed by atoms with Crippen molar-refractivity contribution in [3.05, 3.63) is 72.8 Å². The van der Waals surface area contributed by atoms with Gasteiger partial charge in [0.1, 0.15) is 0 Å². The van der Waals surface area contributed by atoms with E-state index in [0.717, 1.165) is 0 Å². The number of benzene rings is 2. The van der Waals surface area contributed by atoms with E-state index in [9.17, 15) is 4.79 Å². The van der Waals surface area contributed by atoms with Crippen molar-refractivity contribution < 1.29 is 14.3 Å². The third-order valence-electron chi connectivity index (χ3n) is 1.67. The van der Waals surface area contributed by atoms with E-state index < -0.39 is 6.16 Å². The first-order chi connectivity index (χ1) is 13.8. The van der Waals surface area contributed by atoms with Crippen LogP contribution in [0, 0.1) is 0 Å². The SMILES string of the molecule is CC.CC.CC.CC.CC.COC(=O)OC.c1ccccc1.c1ccccc1. The van der Waals surface area contributed by atoms with Crippen LogP contribution in [0.15, 0.2) is 72.8 Å². The van der Waals surface area contributed by atoms with Crippen LogP contribution in [0.3, 0.4) is 0 Å². The highest BCUT2D eigenvalue weighted by Gasteiger charge is 1.88. The molecule has 28 heavy (non-hydrogen) atoms. The van der Waals surface area contributed by atoms with E-state index >= 15 is 0 Å². The molecule has 0 saturated carbocycles. The normalized spacial score (nSPS) is 6.00. The van der Waals surface area contributed by atoms with Gasteiger partial charge in [-0.2, -0.15) is 0 Å². The standard InChI is InChI=1S/2C6H6.C3H6O3.5C2H6/c2*1-2-4-6-5-3-1;1-5-3(4)6-2;5*1-2/h2*1-6H;1-2H3;5*1-2H3. The summed E-state index contributed by atoms with van der Waals surface area (Å²) in [4.78, 5) is 9.74. The fraction of sp³-hybridized carbons (Fsp3) is 0.480. The summed E-state index contributed by atoms with van der Waals surface area (Å²) in [7, 11) is 2.51. The van der Waals surface area contributed by atoms with Gasteiger partial charge in [0.2, 0.25) is 0 Å². The maximum atomic E-state index is 9.74. The van der Waals surface area contributed by atoms with Gasteiger partial charge >= 0.3 is 6.16 Å². The summed E-state index contributed by atoms with van der Waals surface area (Å²) in [5, 5.41) is 0. The van der Waals surface area contributed by atoms with E-state index in [-0.39, 0.29) is 0 Å². The molecule has 166 valence electrons. The molecule has 0 aromatic heterocycles. The molecule has 0 aliphatic rings. The van der Waals surface area contributed by atoms with E-state index in [0.29, 0.717) is 0 Å². The highest BCUT2D eigenvalue weighted by atomic mass is 16.7. The molecule has 0 N–H and O–H groups in total. The van der Waals surface area contributed by atoms with Gasteiger partial charge in [0.25, 0.3) is 0 Å². The van der Waals surface area contributed by atoms with Crippen LogP contribution in [-0.4, -0.2) is 20.4 Å². The number of hydrogen-bond donors (Lipinski definition) is 0. The van der Waals surface area contributed by atoms with Crippen LogP contribution in [0.25, 0.3) is 0 Å². The van der Waals surface area contributed by atoms with Crippen molar-refractivity contribution in [3.8, 4) is 0 Å². The summed E-state index contributed by atoms with van der Waals surface area (Å²) < 4.78 is 8.08. The van der Waals surface area contributed by atoms with E-state index in [4.69, 9.17) is 0 Å². The molecule has 2 aromatic carbocycles. The second-order valence-electron chi connectivity index (χ2n) is 2.97. The summed E-state index contributed by atoms with van der Waals surface area (Å²) in [5.74, 6) is 0. The highest BCUT2D eigenvalue weighted by molar-refractivity contribution is 5.59. The zero-order chi connectivity index (χ0) is 23.5. The van der Waals surface area contributed by atoms with E-state index in [1.54, 1.807) is 0 Å². The van der Waals surface area contributed by atoms with Crippen LogP contribution in [0.1, 0.15) is 69.2 Å². The Morgan fingerprint density at radius 2 is 0.500 bits per heavy atom. The molecule has 2 rings (SSSR count). The van der Waals surface area contributed by atoms with Gasteiger partial charge in [0.15, 0.2) is 0 Å². The number of rotatable bonds is 0. The van der Waals surface area contributed by atoms with Gasteiger partial charge in [-0.05, 0) is 0 Å². The lowest BCUT2D eigenvalue weighted by Crippen LogP contribution is -1.97. The van der Waals surface area contributed by atoms with Crippen LogP contribution in [-0.2, 0) is 9.47 Å². The van der Waals surface area contributed by atoms with Gasteiger partial charge in [-0.15, -0.1) is 0 Å². The van der Waals surface area contributed by atoms with Crippen LogP contribution in [0.2, 0.25) is 0 Å². The van der Waals surface area contributed by atoms with Crippen molar-refractivity contribution >= 4 is 6.16 Å². The highest BCUT2D eigenvalue weighted by Crippen LogP contribution is 1.80. The van der Waals surface area contributed by atoms with Crippen LogP contribution >= 0.6 is 0 Å². The van der Waals surface area contributed by atoms with Gasteiger partial charge in [0.05, 0.1) is 14.2 Å². The fourth-order valence-electron chi connectivity index (χ4n) is 0.853. The first-order valence-corrected chi connectivity index (χ1v) is 10.4. The molecule has 0 amide bonds. The summed E-state index contributed by atoms with van der Waals surface area (Å²) in [5.41, 5.74) is 0. The van der Waals surface area contributed by atoms with Crippen molar-refractivity contribution in [2.24, 2.45) is 0 Å². The molecule has 0 saturated heterocycles. The molecule has 2 aromatic rings. The molecule has 0 fully saturated rings. The third-order valence-corrected chi connectivity index (χ3v) is 1.67. The molecule has 3 heteroatoms. The van der Waals surface area contributed by atoms with Gasteiger partial charge in [0, 0.05) is 0 Å². The second-order valence-corrected chi connectivity index (χ2v) is 2.97. The van der Waals surface area contributed by atoms with Crippen molar-refractivity contribution in [3.63, 3.8) is 0 Å². The quantitative estimate of drug-likeness (QED) is 0.417. The van der Waals surface area contributed by atoms with Gasteiger partial charge in [-0.1, -0.05) is 142 Å². The molecule has 0 unspecified atom stereocenters. The Hall–Kier alpha value is -2.29. The average Bonchev–Trinajstić information content (AvgIpc) is 2.87. The Balaban J connectivity index is -0.0000000531. The Bertz CT molecular complexity index is 285. The average molecular weight is 397 g/mol. The Kier molecular flexibility index (Phi) is 92.6. The fourth-order valence-corrected chi connectivity index (χ4v) is 0.853. The Morgan fingerprint density at radius 3 is 0.536 bits per heavy atom. The van der Waals surface area contributed by atoms with Crippen LogP contribution < -0.4 is 0 Å². The zero-order valence-electron chi connectivity index (χ0n) is 20.7. The molecular formula is C25H48O3. The third kappa shape index (κ3) is 65.1. The summed E-state index contributed by atoms with van der Waals surface area (Å²) >= 11 is 0. The summed E-state index contributed by atoms with van der Waals surface area (Å²) in [6.45, 7) is 20.0. The van der Waals surface area contributed by atoms with Crippen LogP contribution in [0.4, 0.5) is 4.79 Å². The monoisotopic (exact) mass is 396 g/mol. The van der Waals surface area contributed by atoms with Crippen molar-refractivity contribution in [2.75, 3.05) is 14.2 Å². The largest absolute Gasteiger partial charge is 0.507 e. The maximum Gasteiger partial charge on any atom is 0.507 e. The van der Waals surface area contributed by atoms with Crippen molar-refractivity contribution in [1.29, 1.82) is 0 Å². The molecule has 0 heterocycles.